The first-order valence-corrected chi connectivity index (χ1v) is 7.73. The zero-order valence-corrected chi connectivity index (χ0v) is 15.0. The lowest BCUT2D eigenvalue weighted by Gasteiger charge is -2.13. The average Bonchev–Trinajstić information content (AvgIpc) is 2.65. The number of hydrogen-bond donors (Lipinski definition) is 0. The molecule has 7 heteroatoms. The number of carbonyl (C=O) groups excluding carboxylic acids is 2. The summed E-state index contributed by atoms with van der Waals surface area (Å²) in [7, 11) is 4.35. The van der Waals surface area contributed by atoms with E-state index in [1.165, 1.54) is 27.2 Å². The van der Waals surface area contributed by atoms with E-state index in [0.29, 0.717) is 22.8 Å². The minimum absolute atomic E-state index is 0.132. The SMILES string of the molecule is COC(=O)c1cc(COc2cc(OC)ccc2OC)ccc1OC(C)=O. The molecule has 0 unspecified atom stereocenters. The lowest BCUT2D eigenvalue weighted by Crippen LogP contribution is -2.10. The van der Waals surface area contributed by atoms with Gasteiger partial charge in [-0.3, -0.25) is 4.79 Å². The van der Waals surface area contributed by atoms with Crippen LogP contribution in [0.1, 0.15) is 22.8 Å². The van der Waals surface area contributed by atoms with Crippen LogP contribution in [-0.4, -0.2) is 33.3 Å². The summed E-state index contributed by atoms with van der Waals surface area (Å²) < 4.78 is 26.0. The van der Waals surface area contributed by atoms with Crippen molar-refractivity contribution in [3.05, 3.63) is 47.5 Å². The van der Waals surface area contributed by atoms with Crippen LogP contribution in [0.4, 0.5) is 0 Å². The van der Waals surface area contributed by atoms with Crippen molar-refractivity contribution in [1.29, 1.82) is 0 Å². The molecule has 138 valence electrons. The normalized spacial score (nSPS) is 10.0. The van der Waals surface area contributed by atoms with Gasteiger partial charge in [0, 0.05) is 13.0 Å². The van der Waals surface area contributed by atoms with Crippen LogP contribution >= 0.6 is 0 Å². The summed E-state index contributed by atoms with van der Waals surface area (Å²) in [5, 5.41) is 0. The molecule has 0 aliphatic carbocycles. The number of carbonyl (C=O) groups is 2. The van der Waals surface area contributed by atoms with Gasteiger partial charge in [0.2, 0.25) is 0 Å². The molecular formula is C19H20O7. The molecule has 7 nitrogen and oxygen atoms in total. The van der Waals surface area contributed by atoms with Gasteiger partial charge in [-0.15, -0.1) is 0 Å². The smallest absolute Gasteiger partial charge is 0.341 e. The van der Waals surface area contributed by atoms with Crippen LogP contribution in [0.2, 0.25) is 0 Å². The standard InChI is InChI=1S/C19H20O7/c1-12(20)26-16-7-5-13(9-15(16)19(21)24-4)11-25-18-10-14(22-2)6-8-17(18)23-3/h5-10H,11H2,1-4H3. The van der Waals surface area contributed by atoms with Crippen LogP contribution in [0, 0.1) is 0 Å². The average molecular weight is 360 g/mol. The molecule has 0 amide bonds. The molecular weight excluding hydrogens is 340 g/mol. The molecule has 0 bridgehead atoms. The van der Waals surface area contributed by atoms with E-state index in [1.54, 1.807) is 37.4 Å². The van der Waals surface area contributed by atoms with Crippen molar-refractivity contribution in [3.8, 4) is 23.0 Å². The minimum atomic E-state index is -0.609. The third-order valence-electron chi connectivity index (χ3n) is 3.47. The summed E-state index contributed by atoms with van der Waals surface area (Å²) in [6.45, 7) is 1.42. The molecule has 0 aliphatic rings. The number of methoxy groups -OCH3 is 3. The van der Waals surface area contributed by atoms with Gasteiger partial charge in [0.25, 0.3) is 0 Å². The van der Waals surface area contributed by atoms with Crippen molar-refractivity contribution < 1.29 is 33.3 Å². The Kier molecular flexibility index (Phi) is 6.43. The first-order valence-electron chi connectivity index (χ1n) is 7.73. The molecule has 0 saturated heterocycles. The molecule has 2 aromatic carbocycles. The highest BCUT2D eigenvalue weighted by molar-refractivity contribution is 5.93. The zero-order chi connectivity index (χ0) is 19.1. The van der Waals surface area contributed by atoms with Crippen LogP contribution in [0.15, 0.2) is 36.4 Å². The van der Waals surface area contributed by atoms with Crippen molar-refractivity contribution >= 4 is 11.9 Å². The fourth-order valence-corrected chi connectivity index (χ4v) is 2.24. The Labute approximate surface area is 151 Å². The highest BCUT2D eigenvalue weighted by atomic mass is 16.5. The van der Waals surface area contributed by atoms with Crippen molar-refractivity contribution in [3.63, 3.8) is 0 Å². The van der Waals surface area contributed by atoms with E-state index in [1.807, 2.05) is 0 Å². The lowest BCUT2D eigenvalue weighted by molar-refractivity contribution is -0.131. The van der Waals surface area contributed by atoms with Gasteiger partial charge in [-0.1, -0.05) is 6.07 Å². The molecule has 0 fully saturated rings. The lowest BCUT2D eigenvalue weighted by atomic mass is 10.1. The molecule has 26 heavy (non-hydrogen) atoms. The molecule has 2 aromatic rings. The number of benzene rings is 2. The van der Waals surface area contributed by atoms with Gasteiger partial charge < -0.3 is 23.7 Å². The molecule has 0 radical (unpaired) electrons. The third-order valence-corrected chi connectivity index (χ3v) is 3.47. The van der Waals surface area contributed by atoms with Crippen LogP contribution in [0.5, 0.6) is 23.0 Å². The Morgan fingerprint density at radius 3 is 2.23 bits per heavy atom. The maximum Gasteiger partial charge on any atom is 0.341 e. The van der Waals surface area contributed by atoms with E-state index in [4.69, 9.17) is 23.7 Å². The van der Waals surface area contributed by atoms with Gasteiger partial charge in [-0.2, -0.15) is 0 Å². The summed E-state index contributed by atoms with van der Waals surface area (Å²) in [5.41, 5.74) is 0.826. The van der Waals surface area contributed by atoms with Crippen molar-refractivity contribution in [2.45, 2.75) is 13.5 Å². The van der Waals surface area contributed by atoms with Gasteiger partial charge in [0.05, 0.1) is 21.3 Å². The summed E-state index contributed by atoms with van der Waals surface area (Å²) in [5.74, 6) is 0.668. The summed E-state index contributed by atoms with van der Waals surface area (Å²) in [6, 6.07) is 9.96. The second-order valence-corrected chi connectivity index (χ2v) is 5.22. The number of esters is 2. The predicted molar refractivity (Wildman–Crippen MR) is 93.0 cm³/mol. The molecule has 2 rings (SSSR count). The molecule has 0 aromatic heterocycles. The van der Waals surface area contributed by atoms with E-state index >= 15 is 0 Å². The third kappa shape index (κ3) is 4.66. The highest BCUT2D eigenvalue weighted by Gasteiger charge is 2.16. The van der Waals surface area contributed by atoms with Crippen molar-refractivity contribution in [2.24, 2.45) is 0 Å². The van der Waals surface area contributed by atoms with Gasteiger partial charge in [0.1, 0.15) is 23.7 Å². The monoisotopic (exact) mass is 360 g/mol. The Bertz CT molecular complexity index is 798. The van der Waals surface area contributed by atoms with E-state index in [9.17, 15) is 9.59 Å². The summed E-state index contributed by atoms with van der Waals surface area (Å²) in [4.78, 5) is 23.1. The highest BCUT2D eigenvalue weighted by Crippen LogP contribution is 2.32. The molecule has 0 aliphatic heterocycles. The quantitative estimate of drug-likeness (QED) is 0.555. The number of ether oxygens (including phenoxy) is 5. The fraction of sp³-hybridized carbons (Fsp3) is 0.263. The Morgan fingerprint density at radius 2 is 1.62 bits per heavy atom. The molecule has 0 spiro atoms. The fourth-order valence-electron chi connectivity index (χ4n) is 2.24. The van der Waals surface area contributed by atoms with Gasteiger partial charge in [0.15, 0.2) is 11.5 Å². The van der Waals surface area contributed by atoms with Crippen LogP contribution in [0.3, 0.4) is 0 Å². The molecule has 0 atom stereocenters. The van der Waals surface area contributed by atoms with E-state index in [2.05, 4.69) is 0 Å². The molecule has 0 heterocycles. The molecule has 0 N–H and O–H groups in total. The van der Waals surface area contributed by atoms with Crippen LogP contribution in [-0.2, 0) is 16.1 Å². The van der Waals surface area contributed by atoms with Gasteiger partial charge >= 0.3 is 11.9 Å². The first-order chi connectivity index (χ1) is 12.5. The Hall–Kier alpha value is -3.22. The summed E-state index contributed by atoms with van der Waals surface area (Å²) in [6.07, 6.45) is 0. The Morgan fingerprint density at radius 1 is 0.885 bits per heavy atom. The number of hydrogen-bond acceptors (Lipinski definition) is 7. The number of rotatable bonds is 7. The largest absolute Gasteiger partial charge is 0.497 e. The van der Waals surface area contributed by atoms with Gasteiger partial charge in [-0.25, -0.2) is 4.79 Å². The van der Waals surface area contributed by atoms with E-state index in [-0.39, 0.29) is 17.9 Å². The van der Waals surface area contributed by atoms with Crippen LogP contribution in [0.25, 0.3) is 0 Å². The van der Waals surface area contributed by atoms with Crippen LogP contribution < -0.4 is 18.9 Å². The topological polar surface area (TPSA) is 80.3 Å². The summed E-state index contributed by atoms with van der Waals surface area (Å²) >= 11 is 0. The van der Waals surface area contributed by atoms with Gasteiger partial charge in [-0.05, 0) is 29.8 Å². The maximum atomic E-state index is 11.9. The zero-order valence-electron chi connectivity index (χ0n) is 15.0. The predicted octanol–water partition coefficient (Wildman–Crippen LogP) is 2.99. The second kappa shape index (κ2) is 8.75. The minimum Gasteiger partial charge on any atom is -0.497 e. The maximum absolute atomic E-state index is 11.9. The van der Waals surface area contributed by atoms with E-state index < -0.39 is 11.9 Å². The Balaban J connectivity index is 2.25. The molecule has 0 saturated carbocycles. The van der Waals surface area contributed by atoms with Crippen molar-refractivity contribution in [2.75, 3.05) is 21.3 Å². The first kappa shape index (κ1) is 19.1. The van der Waals surface area contributed by atoms with E-state index in [0.717, 1.165) is 0 Å². The van der Waals surface area contributed by atoms with Crippen molar-refractivity contribution in [1.82, 2.24) is 0 Å². The second-order valence-electron chi connectivity index (χ2n) is 5.22.